The number of aliphatic hydroxyl groups excluding tert-OH is 5. The van der Waals surface area contributed by atoms with E-state index < -0.39 is 67.4 Å². The van der Waals surface area contributed by atoms with Gasteiger partial charge in [-0.05, 0) is 70.6 Å². The van der Waals surface area contributed by atoms with Crippen molar-refractivity contribution in [2.24, 2.45) is 0 Å². The van der Waals surface area contributed by atoms with Crippen LogP contribution in [-0.2, 0) is 23.8 Å². The predicted molar refractivity (Wildman–Crippen MR) is 282 cm³/mol. The van der Waals surface area contributed by atoms with Crippen LogP contribution >= 0.6 is 0 Å². The molecule has 1 rings (SSSR count). The third kappa shape index (κ3) is 34.5. The summed E-state index contributed by atoms with van der Waals surface area (Å²) < 4.78 is 17.5. The number of allylic oxidation sites excluding steroid dienone is 15. The quantitative estimate of drug-likeness (QED) is 0.0149. The van der Waals surface area contributed by atoms with Gasteiger partial charge in [0.25, 0.3) is 0 Å². The van der Waals surface area contributed by atoms with Crippen LogP contribution in [0.2, 0.25) is 0 Å². The molecule has 0 aliphatic carbocycles. The van der Waals surface area contributed by atoms with E-state index in [0.717, 1.165) is 89.9 Å². The van der Waals surface area contributed by atoms with Gasteiger partial charge in [0.05, 0.1) is 25.4 Å². The number of esters is 1. The molecule has 8 unspecified atom stereocenters. The van der Waals surface area contributed by atoms with Gasteiger partial charge >= 0.3 is 5.97 Å². The Morgan fingerprint density at radius 2 is 1.04 bits per heavy atom. The van der Waals surface area contributed by atoms with Gasteiger partial charge in [-0.3, -0.25) is 9.59 Å². The fourth-order valence-electron chi connectivity index (χ4n) is 7.78. The fourth-order valence-corrected chi connectivity index (χ4v) is 7.78. The number of ether oxygens (including phenoxy) is 3. The zero-order chi connectivity index (χ0) is 50.4. The molecule has 0 bridgehead atoms. The number of carbonyl (C=O) groups is 2. The molecule has 0 aromatic heterocycles. The van der Waals surface area contributed by atoms with Crippen LogP contribution < -0.4 is 5.32 Å². The van der Waals surface area contributed by atoms with Crippen molar-refractivity contribution in [3.8, 4) is 0 Å². The lowest BCUT2D eigenvalue weighted by Gasteiger charge is -2.41. The molecule has 6 N–H and O–H groups in total. The van der Waals surface area contributed by atoms with Crippen LogP contribution in [0.3, 0.4) is 0 Å². The highest BCUT2D eigenvalue weighted by Crippen LogP contribution is 2.26. The molecule has 0 spiro atoms. The van der Waals surface area contributed by atoms with Gasteiger partial charge in [0.15, 0.2) is 12.4 Å². The first-order valence-corrected chi connectivity index (χ1v) is 27.1. The van der Waals surface area contributed by atoms with Crippen LogP contribution in [0.4, 0.5) is 0 Å². The molecule has 69 heavy (non-hydrogen) atoms. The van der Waals surface area contributed by atoms with Crippen LogP contribution in [0.25, 0.3) is 0 Å². The Kier molecular flexibility index (Phi) is 42.1. The fraction of sp³-hybridized carbons (Fsp3) is 0.690. The summed E-state index contributed by atoms with van der Waals surface area (Å²) in [7, 11) is 0. The van der Waals surface area contributed by atoms with Crippen molar-refractivity contribution in [3.05, 3.63) is 97.2 Å². The molecular formula is C58H97NO10. The summed E-state index contributed by atoms with van der Waals surface area (Å²) >= 11 is 0. The molecule has 1 amide bonds. The molecule has 394 valence electrons. The first-order valence-electron chi connectivity index (χ1n) is 27.1. The van der Waals surface area contributed by atoms with Crippen LogP contribution in [0.1, 0.15) is 194 Å². The van der Waals surface area contributed by atoms with Crippen LogP contribution in [0.15, 0.2) is 97.2 Å². The first-order chi connectivity index (χ1) is 33.7. The van der Waals surface area contributed by atoms with E-state index >= 15 is 0 Å². The summed E-state index contributed by atoms with van der Waals surface area (Å²) in [5, 5.41) is 56.6. The SMILES string of the molecule is CC/C=C/C=C/C=C\C=C/C=C/CCCCC(O)C(=O)NC(COC1OC(CO)C(O)C(O)C1OC(=O)CCCCCCCC/C=C/C=C/CCCCC)C(O)/C=C/CCCCCCCCCCC. The van der Waals surface area contributed by atoms with Crippen molar-refractivity contribution in [3.63, 3.8) is 0 Å². The second-order valence-corrected chi connectivity index (χ2v) is 18.4. The lowest BCUT2D eigenvalue weighted by atomic mass is 9.99. The Balaban J connectivity index is 2.80. The molecular weight excluding hydrogens is 871 g/mol. The summed E-state index contributed by atoms with van der Waals surface area (Å²) in [4.78, 5) is 26.4. The number of hydrogen-bond donors (Lipinski definition) is 6. The maximum absolute atomic E-state index is 13.3. The Morgan fingerprint density at radius 3 is 1.61 bits per heavy atom. The summed E-state index contributed by atoms with van der Waals surface area (Å²) in [5.41, 5.74) is 0. The van der Waals surface area contributed by atoms with Gasteiger partial charge in [0, 0.05) is 6.42 Å². The number of aliphatic hydroxyl groups is 5. The van der Waals surface area contributed by atoms with Crippen molar-refractivity contribution >= 4 is 11.9 Å². The third-order valence-electron chi connectivity index (χ3n) is 12.1. The highest BCUT2D eigenvalue weighted by molar-refractivity contribution is 5.80. The van der Waals surface area contributed by atoms with Gasteiger partial charge in [-0.15, -0.1) is 0 Å². The summed E-state index contributed by atoms with van der Waals surface area (Å²) in [6, 6.07) is -1.05. The monoisotopic (exact) mass is 968 g/mol. The maximum Gasteiger partial charge on any atom is 0.306 e. The van der Waals surface area contributed by atoms with Crippen LogP contribution in [0, 0.1) is 0 Å². The highest BCUT2D eigenvalue weighted by atomic mass is 16.7. The van der Waals surface area contributed by atoms with Gasteiger partial charge in [-0.1, -0.05) is 214 Å². The van der Waals surface area contributed by atoms with Crippen molar-refractivity contribution in [1.82, 2.24) is 5.32 Å². The van der Waals surface area contributed by atoms with Gasteiger partial charge in [0.1, 0.15) is 24.4 Å². The van der Waals surface area contributed by atoms with E-state index in [1.54, 1.807) is 6.08 Å². The number of amides is 1. The van der Waals surface area contributed by atoms with E-state index in [2.05, 4.69) is 56.5 Å². The van der Waals surface area contributed by atoms with Crippen molar-refractivity contribution in [2.75, 3.05) is 13.2 Å². The average molecular weight is 968 g/mol. The number of hydrogen-bond acceptors (Lipinski definition) is 10. The largest absolute Gasteiger partial charge is 0.454 e. The molecule has 11 heteroatoms. The second-order valence-electron chi connectivity index (χ2n) is 18.4. The van der Waals surface area contributed by atoms with Crippen molar-refractivity contribution in [1.29, 1.82) is 0 Å². The zero-order valence-electron chi connectivity index (χ0n) is 43.1. The number of carbonyl (C=O) groups excluding carboxylic acids is 2. The molecule has 0 radical (unpaired) electrons. The minimum atomic E-state index is -1.63. The molecule has 1 saturated heterocycles. The number of nitrogens with one attached hydrogen (secondary N) is 1. The van der Waals surface area contributed by atoms with E-state index in [0.29, 0.717) is 12.8 Å². The lowest BCUT2D eigenvalue weighted by Crippen LogP contribution is -2.61. The van der Waals surface area contributed by atoms with Gasteiger partial charge in [0.2, 0.25) is 5.91 Å². The molecule has 8 atom stereocenters. The molecule has 0 aromatic rings. The molecule has 1 fully saturated rings. The average Bonchev–Trinajstić information content (AvgIpc) is 3.34. The molecule has 0 aromatic carbocycles. The minimum absolute atomic E-state index is 0.0996. The maximum atomic E-state index is 13.3. The third-order valence-corrected chi connectivity index (χ3v) is 12.1. The molecule has 1 aliphatic rings. The Morgan fingerprint density at radius 1 is 0.580 bits per heavy atom. The molecule has 0 saturated carbocycles. The predicted octanol–water partition coefficient (Wildman–Crippen LogP) is 11.6. The van der Waals surface area contributed by atoms with E-state index in [-0.39, 0.29) is 19.4 Å². The zero-order valence-corrected chi connectivity index (χ0v) is 43.1. The number of rotatable bonds is 43. The number of unbranched alkanes of at least 4 members (excludes halogenated alkanes) is 20. The van der Waals surface area contributed by atoms with Gasteiger partial charge in [-0.25, -0.2) is 0 Å². The van der Waals surface area contributed by atoms with E-state index in [9.17, 15) is 35.1 Å². The van der Waals surface area contributed by atoms with Crippen LogP contribution in [-0.4, -0.2) is 99.6 Å². The van der Waals surface area contributed by atoms with Gasteiger partial charge in [-0.2, -0.15) is 0 Å². The smallest absolute Gasteiger partial charge is 0.306 e. The summed E-state index contributed by atoms with van der Waals surface area (Å²) in [6.07, 6.45) is 48.8. The minimum Gasteiger partial charge on any atom is -0.454 e. The van der Waals surface area contributed by atoms with Crippen molar-refractivity contribution < 1.29 is 49.3 Å². The van der Waals surface area contributed by atoms with Gasteiger partial charge < -0.3 is 45.1 Å². The van der Waals surface area contributed by atoms with Crippen molar-refractivity contribution in [2.45, 2.75) is 243 Å². The van der Waals surface area contributed by atoms with E-state index in [1.807, 2.05) is 60.8 Å². The molecule has 1 aliphatic heterocycles. The second kappa shape index (κ2) is 45.7. The Hall–Kier alpha value is -3.42. The topological polar surface area (TPSA) is 175 Å². The molecule has 1 heterocycles. The van der Waals surface area contributed by atoms with E-state index in [4.69, 9.17) is 14.2 Å². The first kappa shape index (κ1) is 63.6. The summed E-state index contributed by atoms with van der Waals surface area (Å²) in [5.74, 6) is -1.26. The summed E-state index contributed by atoms with van der Waals surface area (Å²) in [6.45, 7) is 5.53. The standard InChI is InChI=1S/C58H97NO10/c1-4-7-10-13-16-19-22-24-26-28-31-34-37-40-43-46-53(63)69-56-55(65)54(64)52(47-60)68-58(56)67-48-49(50(61)44-41-38-35-32-29-21-18-15-12-9-6-3)59-57(66)51(62)45-42-39-36-33-30-27-25-23-20-17-14-11-8-5-2/h8,11,14,16-17,19-20,22-25,27,30,33,41,44,49-52,54-56,58,60-62,64-65H,4-7,9-10,12-13,15,18,21,26,28-29,31-32,34-40,42-43,45-48H2,1-3H3,(H,59,66)/b11-8+,17-14+,19-16+,23-20-,24-22+,27-25-,33-30+,44-41+. The van der Waals surface area contributed by atoms with Crippen LogP contribution in [0.5, 0.6) is 0 Å². The normalized spacial score (nSPS) is 20.6. The highest BCUT2D eigenvalue weighted by Gasteiger charge is 2.47. The Labute approximate surface area is 418 Å². The van der Waals surface area contributed by atoms with E-state index in [1.165, 1.54) is 57.8 Å². The Bertz CT molecular complexity index is 1480. The molecule has 11 nitrogen and oxygen atoms in total. The lowest BCUT2D eigenvalue weighted by molar-refractivity contribution is -0.305.